The molecular weight excluding hydrogens is 208 g/mol. The van der Waals surface area contributed by atoms with E-state index < -0.39 is 0 Å². The van der Waals surface area contributed by atoms with Gasteiger partial charge in [-0.2, -0.15) is 0 Å². The Morgan fingerprint density at radius 2 is 2.54 bits per heavy atom. The van der Waals surface area contributed by atoms with E-state index in [1.807, 2.05) is 12.3 Å². The van der Waals surface area contributed by atoms with E-state index in [0.717, 1.165) is 31.3 Å². The molecule has 74 valence electrons. The minimum absolute atomic E-state index is 0.553. The fraction of sp³-hybridized carbons (Fsp3) is 0.625. The summed E-state index contributed by atoms with van der Waals surface area (Å²) in [5, 5.41) is 6.41. The van der Waals surface area contributed by atoms with Crippen LogP contribution in [0.5, 0.6) is 0 Å². The summed E-state index contributed by atoms with van der Waals surface area (Å²) in [5.74, 6) is 0. The largest absolute Gasteiger partial charge is 0.382 e. The van der Waals surface area contributed by atoms with Crippen LogP contribution in [0.25, 0.3) is 0 Å². The number of ether oxygens (including phenoxy) is 1. The highest BCUT2D eigenvalue weighted by atomic mass is 35.5. The summed E-state index contributed by atoms with van der Waals surface area (Å²) in [6, 6.07) is 0. The zero-order valence-electron chi connectivity index (χ0n) is 7.55. The van der Waals surface area contributed by atoms with Crippen molar-refractivity contribution in [3.05, 3.63) is 10.5 Å². The summed E-state index contributed by atoms with van der Waals surface area (Å²) < 4.78 is 5.19. The van der Waals surface area contributed by atoms with Crippen LogP contribution in [-0.2, 0) is 4.74 Å². The van der Waals surface area contributed by atoms with Crippen LogP contribution in [0, 0.1) is 0 Å². The first-order valence-electron chi connectivity index (χ1n) is 4.25. The number of rotatable bonds is 6. The van der Waals surface area contributed by atoms with Crippen LogP contribution >= 0.6 is 22.9 Å². The molecule has 0 saturated carbocycles. The first kappa shape index (κ1) is 10.8. The lowest BCUT2D eigenvalue weighted by atomic mass is 10.4. The van der Waals surface area contributed by atoms with E-state index in [0.29, 0.717) is 5.15 Å². The summed E-state index contributed by atoms with van der Waals surface area (Å²) in [6.45, 7) is 4.45. The minimum Gasteiger partial charge on any atom is -0.382 e. The van der Waals surface area contributed by atoms with E-state index in [1.54, 1.807) is 0 Å². The molecule has 0 radical (unpaired) electrons. The number of nitrogens with zero attached hydrogens (tertiary/aromatic N) is 1. The second-order valence-electron chi connectivity index (χ2n) is 2.45. The third-order valence-electron chi connectivity index (χ3n) is 1.42. The van der Waals surface area contributed by atoms with Crippen LogP contribution in [0.4, 0.5) is 5.13 Å². The van der Waals surface area contributed by atoms with Crippen molar-refractivity contribution in [1.82, 2.24) is 4.98 Å². The van der Waals surface area contributed by atoms with Crippen molar-refractivity contribution in [3.8, 4) is 0 Å². The molecule has 0 unspecified atom stereocenters. The van der Waals surface area contributed by atoms with E-state index in [1.165, 1.54) is 11.3 Å². The number of anilines is 1. The molecule has 13 heavy (non-hydrogen) atoms. The highest BCUT2D eigenvalue weighted by Gasteiger charge is 1.97. The molecule has 1 N–H and O–H groups in total. The molecular formula is C8H13ClN2OS. The van der Waals surface area contributed by atoms with E-state index in [2.05, 4.69) is 10.3 Å². The van der Waals surface area contributed by atoms with Crippen molar-refractivity contribution in [3.63, 3.8) is 0 Å². The van der Waals surface area contributed by atoms with Crippen molar-refractivity contribution in [2.24, 2.45) is 0 Å². The van der Waals surface area contributed by atoms with Crippen LogP contribution in [0.3, 0.4) is 0 Å². The standard InChI is InChI=1S/C8H13ClN2OS/c1-2-12-5-3-4-10-8-11-7(9)6-13-8/h6H,2-5H2,1H3,(H,10,11). The number of halogens is 1. The van der Waals surface area contributed by atoms with Crippen molar-refractivity contribution in [2.75, 3.05) is 25.1 Å². The monoisotopic (exact) mass is 220 g/mol. The van der Waals surface area contributed by atoms with Gasteiger partial charge in [0, 0.05) is 25.1 Å². The molecule has 0 atom stereocenters. The Hall–Kier alpha value is -0.320. The zero-order valence-corrected chi connectivity index (χ0v) is 9.12. The van der Waals surface area contributed by atoms with Crippen LogP contribution in [0.15, 0.2) is 5.38 Å². The topological polar surface area (TPSA) is 34.1 Å². The van der Waals surface area contributed by atoms with E-state index >= 15 is 0 Å². The van der Waals surface area contributed by atoms with Gasteiger partial charge in [-0.15, -0.1) is 11.3 Å². The Balaban J connectivity index is 2.06. The maximum Gasteiger partial charge on any atom is 0.184 e. The molecule has 1 aromatic rings. The maximum absolute atomic E-state index is 5.66. The molecule has 0 amide bonds. The molecule has 0 aliphatic heterocycles. The van der Waals surface area contributed by atoms with E-state index in [-0.39, 0.29) is 0 Å². The Kier molecular flexibility index (Phi) is 5.12. The Morgan fingerprint density at radius 1 is 1.69 bits per heavy atom. The maximum atomic E-state index is 5.66. The quantitative estimate of drug-likeness (QED) is 0.749. The Bertz CT molecular complexity index is 242. The molecule has 3 nitrogen and oxygen atoms in total. The van der Waals surface area contributed by atoms with E-state index in [4.69, 9.17) is 16.3 Å². The van der Waals surface area contributed by atoms with Gasteiger partial charge in [0.05, 0.1) is 0 Å². The number of thiazole rings is 1. The van der Waals surface area contributed by atoms with Gasteiger partial charge in [0.1, 0.15) is 5.15 Å². The summed E-state index contributed by atoms with van der Waals surface area (Å²) in [4.78, 5) is 4.06. The van der Waals surface area contributed by atoms with Gasteiger partial charge in [-0.3, -0.25) is 0 Å². The van der Waals surface area contributed by atoms with Crippen LogP contribution < -0.4 is 5.32 Å². The highest BCUT2D eigenvalue weighted by molar-refractivity contribution is 7.14. The molecule has 0 aromatic carbocycles. The number of nitrogens with one attached hydrogen (secondary N) is 1. The van der Waals surface area contributed by atoms with Crippen LogP contribution in [0.2, 0.25) is 5.15 Å². The molecule has 1 aromatic heterocycles. The zero-order chi connectivity index (χ0) is 9.52. The van der Waals surface area contributed by atoms with Gasteiger partial charge in [-0.05, 0) is 13.3 Å². The lowest BCUT2D eigenvalue weighted by Gasteiger charge is -2.01. The molecule has 0 aliphatic rings. The van der Waals surface area contributed by atoms with Gasteiger partial charge >= 0.3 is 0 Å². The van der Waals surface area contributed by atoms with Gasteiger partial charge in [0.25, 0.3) is 0 Å². The smallest absolute Gasteiger partial charge is 0.184 e. The predicted molar refractivity (Wildman–Crippen MR) is 56.7 cm³/mol. The highest BCUT2D eigenvalue weighted by Crippen LogP contribution is 2.18. The van der Waals surface area contributed by atoms with Gasteiger partial charge in [-0.25, -0.2) is 4.98 Å². The molecule has 1 rings (SSSR count). The van der Waals surface area contributed by atoms with Gasteiger partial charge in [-0.1, -0.05) is 11.6 Å². The fourth-order valence-corrected chi connectivity index (χ4v) is 1.72. The van der Waals surface area contributed by atoms with Gasteiger partial charge < -0.3 is 10.1 Å². The van der Waals surface area contributed by atoms with Crippen molar-refractivity contribution >= 4 is 28.1 Å². The summed E-state index contributed by atoms with van der Waals surface area (Å²) in [6.07, 6.45) is 0.991. The van der Waals surface area contributed by atoms with Crippen molar-refractivity contribution < 1.29 is 4.74 Å². The second-order valence-corrected chi connectivity index (χ2v) is 3.70. The molecule has 0 spiro atoms. The van der Waals surface area contributed by atoms with Gasteiger partial charge in [0.2, 0.25) is 0 Å². The average Bonchev–Trinajstić information content (AvgIpc) is 2.51. The summed E-state index contributed by atoms with van der Waals surface area (Å²) >= 11 is 7.18. The van der Waals surface area contributed by atoms with Crippen molar-refractivity contribution in [2.45, 2.75) is 13.3 Å². The molecule has 0 saturated heterocycles. The first-order valence-corrected chi connectivity index (χ1v) is 5.51. The number of aromatic nitrogens is 1. The van der Waals surface area contributed by atoms with Crippen molar-refractivity contribution in [1.29, 1.82) is 0 Å². The summed E-state index contributed by atoms with van der Waals surface area (Å²) in [7, 11) is 0. The third kappa shape index (κ3) is 4.45. The second kappa shape index (κ2) is 6.18. The van der Waals surface area contributed by atoms with Crippen LogP contribution in [-0.4, -0.2) is 24.7 Å². The van der Waals surface area contributed by atoms with Gasteiger partial charge in [0.15, 0.2) is 5.13 Å². The Labute approximate surface area is 87.1 Å². The molecule has 0 bridgehead atoms. The van der Waals surface area contributed by atoms with Crippen LogP contribution in [0.1, 0.15) is 13.3 Å². The molecule has 1 heterocycles. The molecule has 0 fully saturated rings. The molecule has 5 heteroatoms. The van der Waals surface area contributed by atoms with E-state index in [9.17, 15) is 0 Å². The fourth-order valence-electron chi connectivity index (χ4n) is 0.849. The lowest BCUT2D eigenvalue weighted by molar-refractivity contribution is 0.147. The average molecular weight is 221 g/mol. The SMILES string of the molecule is CCOCCCNc1nc(Cl)cs1. The first-order chi connectivity index (χ1) is 6.33. The third-order valence-corrected chi connectivity index (χ3v) is 2.54. The predicted octanol–water partition coefficient (Wildman–Crippen LogP) is 2.64. The molecule has 0 aliphatic carbocycles. The number of hydrogen-bond acceptors (Lipinski definition) is 4. The Morgan fingerprint density at radius 3 is 3.15 bits per heavy atom. The normalized spacial score (nSPS) is 10.3. The number of hydrogen-bond donors (Lipinski definition) is 1. The summed E-state index contributed by atoms with van der Waals surface area (Å²) in [5.41, 5.74) is 0. The lowest BCUT2D eigenvalue weighted by Crippen LogP contribution is -2.05. The minimum atomic E-state index is 0.553.